The minimum absolute atomic E-state index is 0.549. The molecule has 0 aromatic carbocycles. The lowest BCUT2D eigenvalue weighted by Crippen LogP contribution is -2.26. The van der Waals surface area contributed by atoms with E-state index in [0.717, 1.165) is 12.1 Å². The number of rotatable bonds is 3. The summed E-state index contributed by atoms with van der Waals surface area (Å²) in [6.45, 7) is 8.23. The summed E-state index contributed by atoms with van der Waals surface area (Å²) in [6.07, 6.45) is 3.00. The van der Waals surface area contributed by atoms with Gasteiger partial charge in [0.25, 0.3) is 0 Å². The maximum atomic E-state index is 9.58. The molecule has 0 aliphatic heterocycles. The SMILES string of the molecule is CCc1cn(CC(C)(C)O)nc1C. The van der Waals surface area contributed by atoms with Gasteiger partial charge in [-0.15, -0.1) is 0 Å². The molecule has 0 fully saturated rings. The molecule has 0 aliphatic carbocycles. The highest BCUT2D eigenvalue weighted by Gasteiger charge is 2.14. The average molecular weight is 182 g/mol. The zero-order valence-electron chi connectivity index (χ0n) is 8.83. The van der Waals surface area contributed by atoms with Crippen LogP contribution in [0, 0.1) is 6.92 Å². The Labute approximate surface area is 79.4 Å². The van der Waals surface area contributed by atoms with Crippen molar-refractivity contribution in [3.63, 3.8) is 0 Å². The summed E-state index contributed by atoms with van der Waals surface area (Å²) in [4.78, 5) is 0. The first kappa shape index (κ1) is 10.3. The van der Waals surface area contributed by atoms with Crippen molar-refractivity contribution in [2.45, 2.75) is 46.3 Å². The molecule has 0 spiro atoms. The average Bonchev–Trinajstić information content (AvgIpc) is 2.26. The predicted octanol–water partition coefficient (Wildman–Crippen LogP) is 1.52. The van der Waals surface area contributed by atoms with Crippen LogP contribution in [-0.4, -0.2) is 20.5 Å². The molecule has 3 heteroatoms. The highest BCUT2D eigenvalue weighted by Crippen LogP contribution is 2.10. The smallest absolute Gasteiger partial charge is 0.0786 e. The van der Waals surface area contributed by atoms with E-state index in [1.54, 1.807) is 13.8 Å². The molecule has 0 amide bonds. The Balaban J connectivity index is 2.80. The summed E-state index contributed by atoms with van der Waals surface area (Å²) in [7, 11) is 0. The van der Waals surface area contributed by atoms with Crippen LogP contribution in [0.15, 0.2) is 6.20 Å². The van der Waals surface area contributed by atoms with Crippen molar-refractivity contribution in [1.82, 2.24) is 9.78 Å². The fourth-order valence-electron chi connectivity index (χ4n) is 1.38. The second kappa shape index (κ2) is 3.50. The molecule has 1 N–H and O–H groups in total. The van der Waals surface area contributed by atoms with E-state index in [2.05, 4.69) is 12.0 Å². The molecule has 0 aliphatic rings. The number of aliphatic hydroxyl groups is 1. The standard InChI is InChI=1S/C10H18N2O/c1-5-9-6-12(11-8(9)2)7-10(3,4)13/h6,13H,5,7H2,1-4H3. The van der Waals surface area contributed by atoms with E-state index in [0.29, 0.717) is 6.54 Å². The van der Waals surface area contributed by atoms with Crippen LogP contribution in [0.1, 0.15) is 32.0 Å². The number of aryl methyl sites for hydroxylation is 2. The van der Waals surface area contributed by atoms with Gasteiger partial charge >= 0.3 is 0 Å². The number of aromatic nitrogens is 2. The molecule has 1 rings (SSSR count). The van der Waals surface area contributed by atoms with Crippen LogP contribution in [0.2, 0.25) is 0 Å². The lowest BCUT2D eigenvalue weighted by atomic mass is 10.1. The fraction of sp³-hybridized carbons (Fsp3) is 0.700. The van der Waals surface area contributed by atoms with Crippen LogP contribution in [0.3, 0.4) is 0 Å². The Morgan fingerprint density at radius 2 is 2.15 bits per heavy atom. The van der Waals surface area contributed by atoms with Gasteiger partial charge in [-0.3, -0.25) is 4.68 Å². The van der Waals surface area contributed by atoms with Crippen LogP contribution in [-0.2, 0) is 13.0 Å². The molecular formula is C10H18N2O. The van der Waals surface area contributed by atoms with Gasteiger partial charge in [0.1, 0.15) is 0 Å². The van der Waals surface area contributed by atoms with E-state index >= 15 is 0 Å². The number of nitrogens with zero attached hydrogens (tertiary/aromatic N) is 2. The third-order valence-electron chi connectivity index (χ3n) is 1.98. The predicted molar refractivity (Wildman–Crippen MR) is 52.6 cm³/mol. The van der Waals surface area contributed by atoms with Crippen molar-refractivity contribution in [3.8, 4) is 0 Å². The first-order valence-corrected chi connectivity index (χ1v) is 4.67. The van der Waals surface area contributed by atoms with Gasteiger partial charge in [0.05, 0.1) is 17.8 Å². The van der Waals surface area contributed by atoms with Crippen LogP contribution in [0.5, 0.6) is 0 Å². The summed E-state index contributed by atoms with van der Waals surface area (Å²) >= 11 is 0. The Morgan fingerprint density at radius 3 is 2.54 bits per heavy atom. The van der Waals surface area contributed by atoms with Crippen LogP contribution >= 0.6 is 0 Å². The summed E-state index contributed by atoms with van der Waals surface area (Å²) in [5, 5.41) is 13.9. The Morgan fingerprint density at radius 1 is 1.54 bits per heavy atom. The van der Waals surface area contributed by atoms with Crippen molar-refractivity contribution < 1.29 is 5.11 Å². The van der Waals surface area contributed by atoms with Crippen molar-refractivity contribution in [2.24, 2.45) is 0 Å². The van der Waals surface area contributed by atoms with Gasteiger partial charge in [-0.1, -0.05) is 6.92 Å². The molecule has 0 atom stereocenters. The largest absolute Gasteiger partial charge is 0.389 e. The monoisotopic (exact) mass is 182 g/mol. The van der Waals surface area contributed by atoms with Crippen molar-refractivity contribution in [3.05, 3.63) is 17.5 Å². The van der Waals surface area contributed by atoms with E-state index in [4.69, 9.17) is 0 Å². The lowest BCUT2D eigenvalue weighted by Gasteiger charge is -2.16. The van der Waals surface area contributed by atoms with E-state index in [1.807, 2.05) is 17.8 Å². The van der Waals surface area contributed by atoms with Crippen LogP contribution in [0.4, 0.5) is 0 Å². The second-order valence-corrected chi connectivity index (χ2v) is 4.10. The quantitative estimate of drug-likeness (QED) is 0.769. The molecule has 1 aromatic heterocycles. The first-order valence-electron chi connectivity index (χ1n) is 4.67. The molecule has 3 nitrogen and oxygen atoms in total. The van der Waals surface area contributed by atoms with Crippen molar-refractivity contribution in [2.75, 3.05) is 0 Å². The maximum absolute atomic E-state index is 9.58. The molecule has 1 heterocycles. The highest BCUT2D eigenvalue weighted by molar-refractivity contribution is 5.14. The first-order chi connectivity index (χ1) is 5.92. The van der Waals surface area contributed by atoms with Crippen LogP contribution < -0.4 is 0 Å². The van der Waals surface area contributed by atoms with Crippen molar-refractivity contribution in [1.29, 1.82) is 0 Å². The maximum Gasteiger partial charge on any atom is 0.0786 e. The van der Waals surface area contributed by atoms with E-state index in [1.165, 1.54) is 5.56 Å². The van der Waals surface area contributed by atoms with Gasteiger partial charge in [0.15, 0.2) is 0 Å². The Kier molecular flexibility index (Phi) is 2.76. The van der Waals surface area contributed by atoms with Gasteiger partial charge in [-0.05, 0) is 32.8 Å². The van der Waals surface area contributed by atoms with E-state index < -0.39 is 5.60 Å². The lowest BCUT2D eigenvalue weighted by molar-refractivity contribution is 0.0576. The molecule has 1 aromatic rings. The summed E-state index contributed by atoms with van der Waals surface area (Å²) in [5.41, 5.74) is 1.62. The van der Waals surface area contributed by atoms with E-state index in [9.17, 15) is 5.11 Å². The Bertz CT molecular complexity index is 284. The van der Waals surface area contributed by atoms with E-state index in [-0.39, 0.29) is 0 Å². The number of hydrogen-bond donors (Lipinski definition) is 1. The second-order valence-electron chi connectivity index (χ2n) is 4.10. The van der Waals surface area contributed by atoms with Gasteiger partial charge in [0, 0.05) is 6.20 Å². The topological polar surface area (TPSA) is 38.0 Å². The zero-order chi connectivity index (χ0) is 10.1. The normalized spacial score (nSPS) is 12.1. The van der Waals surface area contributed by atoms with Crippen LogP contribution in [0.25, 0.3) is 0 Å². The molecule has 0 saturated heterocycles. The van der Waals surface area contributed by atoms with Gasteiger partial charge in [-0.2, -0.15) is 5.10 Å². The highest BCUT2D eigenvalue weighted by atomic mass is 16.3. The molecule has 13 heavy (non-hydrogen) atoms. The third kappa shape index (κ3) is 2.84. The molecule has 0 saturated carbocycles. The molecule has 0 unspecified atom stereocenters. The Hall–Kier alpha value is -0.830. The fourth-order valence-corrected chi connectivity index (χ4v) is 1.38. The minimum Gasteiger partial charge on any atom is -0.389 e. The molecular weight excluding hydrogens is 164 g/mol. The number of hydrogen-bond acceptors (Lipinski definition) is 2. The molecule has 74 valence electrons. The van der Waals surface area contributed by atoms with Gasteiger partial charge in [-0.25, -0.2) is 0 Å². The van der Waals surface area contributed by atoms with Gasteiger partial charge < -0.3 is 5.11 Å². The molecule has 0 bridgehead atoms. The third-order valence-corrected chi connectivity index (χ3v) is 1.98. The summed E-state index contributed by atoms with van der Waals surface area (Å²) in [6, 6.07) is 0. The van der Waals surface area contributed by atoms with Crippen molar-refractivity contribution >= 4 is 0 Å². The summed E-state index contributed by atoms with van der Waals surface area (Å²) in [5.74, 6) is 0. The molecule has 0 radical (unpaired) electrons. The minimum atomic E-state index is -0.691. The zero-order valence-corrected chi connectivity index (χ0v) is 8.83. The summed E-state index contributed by atoms with van der Waals surface area (Å²) < 4.78 is 1.81. The van der Waals surface area contributed by atoms with Gasteiger partial charge in [0.2, 0.25) is 0 Å².